The highest BCUT2D eigenvalue weighted by Gasteiger charge is 2.10. The molecule has 0 aliphatic carbocycles. The molecule has 1 heterocycles. The summed E-state index contributed by atoms with van der Waals surface area (Å²) in [4.78, 5) is 23.3. The molecule has 0 unspecified atom stereocenters. The minimum Gasteiger partial charge on any atom is -0.495 e. The van der Waals surface area contributed by atoms with Gasteiger partial charge in [0.05, 0.1) is 19.2 Å². The van der Waals surface area contributed by atoms with Crippen LogP contribution in [0.15, 0.2) is 41.1 Å². The second kappa shape index (κ2) is 7.44. The number of carbonyl (C=O) groups excluding carboxylic acids is 2. The molecule has 0 saturated heterocycles. The van der Waals surface area contributed by atoms with Crippen LogP contribution in [0.25, 0.3) is 0 Å². The highest BCUT2D eigenvalue weighted by atomic mass is 32.1. The summed E-state index contributed by atoms with van der Waals surface area (Å²) in [6.07, 6.45) is 0.172. The van der Waals surface area contributed by atoms with Crippen LogP contribution in [0, 0.1) is 0 Å². The molecule has 0 bridgehead atoms. The Bertz CT molecular complexity index is 610. The zero-order valence-corrected chi connectivity index (χ0v) is 12.3. The zero-order valence-electron chi connectivity index (χ0n) is 11.5. The maximum Gasteiger partial charge on any atom is 0.310 e. The van der Waals surface area contributed by atoms with Crippen molar-refractivity contribution in [2.75, 3.05) is 19.0 Å². The quantitative estimate of drug-likeness (QED) is 0.833. The van der Waals surface area contributed by atoms with E-state index in [1.165, 1.54) is 18.4 Å². The standard InChI is InChI=1S/C15H15NO4S/c1-19-13-5-3-2-4-12(13)16-14(17)9-20-15(18)8-11-6-7-21-10-11/h2-7,10H,8-9H2,1H3,(H,16,17). The first-order valence-electron chi connectivity index (χ1n) is 6.28. The molecular formula is C15H15NO4S. The lowest BCUT2D eigenvalue weighted by Gasteiger charge is -2.10. The highest BCUT2D eigenvalue weighted by molar-refractivity contribution is 7.07. The van der Waals surface area contributed by atoms with Crippen LogP contribution in [0.2, 0.25) is 0 Å². The molecule has 1 N–H and O–H groups in total. The predicted octanol–water partition coefficient (Wildman–Crippen LogP) is 2.48. The number of rotatable bonds is 6. The molecule has 21 heavy (non-hydrogen) atoms. The molecule has 110 valence electrons. The Morgan fingerprint density at radius 2 is 2.05 bits per heavy atom. The van der Waals surface area contributed by atoms with Crippen LogP contribution in [-0.2, 0) is 20.7 Å². The average Bonchev–Trinajstić information content (AvgIpc) is 2.98. The van der Waals surface area contributed by atoms with Crippen molar-refractivity contribution in [3.05, 3.63) is 46.7 Å². The van der Waals surface area contributed by atoms with E-state index in [1.54, 1.807) is 24.3 Å². The molecule has 1 aromatic carbocycles. The summed E-state index contributed by atoms with van der Waals surface area (Å²) in [5.74, 6) is -0.280. The lowest BCUT2D eigenvalue weighted by molar-refractivity contribution is -0.146. The first-order chi connectivity index (χ1) is 10.2. The van der Waals surface area contributed by atoms with Crippen molar-refractivity contribution in [3.63, 3.8) is 0 Å². The number of thiophene rings is 1. The van der Waals surface area contributed by atoms with Crippen LogP contribution in [0.4, 0.5) is 5.69 Å². The molecule has 5 nitrogen and oxygen atoms in total. The minimum atomic E-state index is -0.427. The Labute approximate surface area is 126 Å². The maximum absolute atomic E-state index is 11.7. The summed E-state index contributed by atoms with van der Waals surface area (Å²) < 4.78 is 10.1. The van der Waals surface area contributed by atoms with E-state index in [-0.39, 0.29) is 13.0 Å². The fourth-order valence-electron chi connectivity index (χ4n) is 1.69. The Hall–Kier alpha value is -2.34. The number of ether oxygens (including phenoxy) is 2. The Kier molecular flexibility index (Phi) is 5.34. The van der Waals surface area contributed by atoms with Gasteiger partial charge in [-0.1, -0.05) is 12.1 Å². The van der Waals surface area contributed by atoms with E-state index >= 15 is 0 Å². The number of nitrogens with one attached hydrogen (secondary N) is 1. The van der Waals surface area contributed by atoms with Gasteiger partial charge >= 0.3 is 5.97 Å². The van der Waals surface area contributed by atoms with Crippen molar-refractivity contribution < 1.29 is 19.1 Å². The molecule has 0 aliphatic heterocycles. The minimum absolute atomic E-state index is 0.172. The molecule has 0 radical (unpaired) electrons. The molecule has 0 atom stereocenters. The van der Waals surface area contributed by atoms with E-state index in [9.17, 15) is 9.59 Å². The van der Waals surface area contributed by atoms with Crippen molar-refractivity contribution in [3.8, 4) is 5.75 Å². The summed E-state index contributed by atoms with van der Waals surface area (Å²) in [5.41, 5.74) is 1.43. The highest BCUT2D eigenvalue weighted by Crippen LogP contribution is 2.22. The van der Waals surface area contributed by atoms with Gasteiger partial charge in [0.1, 0.15) is 5.75 Å². The van der Waals surface area contributed by atoms with Gasteiger partial charge in [-0.3, -0.25) is 9.59 Å². The van der Waals surface area contributed by atoms with E-state index in [0.717, 1.165) is 5.56 Å². The van der Waals surface area contributed by atoms with Gasteiger partial charge in [-0.05, 0) is 34.5 Å². The van der Waals surface area contributed by atoms with Crippen molar-refractivity contribution in [2.24, 2.45) is 0 Å². The zero-order chi connectivity index (χ0) is 15.1. The number of esters is 1. The van der Waals surface area contributed by atoms with E-state index < -0.39 is 11.9 Å². The van der Waals surface area contributed by atoms with Crippen LogP contribution in [0.1, 0.15) is 5.56 Å². The van der Waals surface area contributed by atoms with Gasteiger partial charge in [0.15, 0.2) is 6.61 Å². The van der Waals surface area contributed by atoms with Gasteiger partial charge in [0.2, 0.25) is 0 Å². The lowest BCUT2D eigenvalue weighted by Crippen LogP contribution is -2.21. The van der Waals surface area contributed by atoms with Gasteiger partial charge in [0.25, 0.3) is 5.91 Å². The number of para-hydroxylation sites is 2. The fraction of sp³-hybridized carbons (Fsp3) is 0.200. The number of benzene rings is 1. The average molecular weight is 305 g/mol. The van der Waals surface area contributed by atoms with Crippen LogP contribution in [0.5, 0.6) is 5.75 Å². The van der Waals surface area contributed by atoms with E-state index in [4.69, 9.17) is 9.47 Å². The smallest absolute Gasteiger partial charge is 0.310 e. The van der Waals surface area contributed by atoms with Gasteiger partial charge < -0.3 is 14.8 Å². The fourth-order valence-corrected chi connectivity index (χ4v) is 2.36. The lowest BCUT2D eigenvalue weighted by atomic mass is 10.2. The van der Waals surface area contributed by atoms with E-state index in [2.05, 4.69) is 5.32 Å². The topological polar surface area (TPSA) is 64.6 Å². The van der Waals surface area contributed by atoms with Gasteiger partial charge in [-0.2, -0.15) is 11.3 Å². The molecular weight excluding hydrogens is 290 g/mol. The Morgan fingerprint density at radius 1 is 1.24 bits per heavy atom. The summed E-state index contributed by atoms with van der Waals surface area (Å²) >= 11 is 1.51. The van der Waals surface area contributed by atoms with Crippen LogP contribution in [0.3, 0.4) is 0 Å². The number of anilines is 1. The van der Waals surface area contributed by atoms with Gasteiger partial charge in [0, 0.05) is 0 Å². The number of carbonyl (C=O) groups is 2. The molecule has 2 aromatic rings. The number of hydrogen-bond donors (Lipinski definition) is 1. The number of hydrogen-bond acceptors (Lipinski definition) is 5. The van der Waals surface area contributed by atoms with Gasteiger partial charge in [-0.15, -0.1) is 0 Å². The van der Waals surface area contributed by atoms with Gasteiger partial charge in [-0.25, -0.2) is 0 Å². The Balaban J connectivity index is 1.80. The third kappa shape index (κ3) is 4.61. The SMILES string of the molecule is COc1ccccc1NC(=O)COC(=O)Cc1ccsc1. The number of methoxy groups -OCH3 is 1. The first-order valence-corrected chi connectivity index (χ1v) is 7.23. The van der Waals surface area contributed by atoms with E-state index in [1.807, 2.05) is 16.8 Å². The third-order valence-corrected chi connectivity index (χ3v) is 3.41. The summed E-state index contributed by atoms with van der Waals surface area (Å²) in [6.45, 7) is -0.318. The van der Waals surface area contributed by atoms with Crippen LogP contribution < -0.4 is 10.1 Å². The predicted molar refractivity (Wildman–Crippen MR) is 80.6 cm³/mol. The molecule has 1 amide bonds. The Morgan fingerprint density at radius 3 is 2.76 bits per heavy atom. The molecule has 1 aromatic heterocycles. The summed E-state index contributed by atoms with van der Waals surface area (Å²) in [7, 11) is 1.52. The van der Waals surface area contributed by atoms with Crippen molar-refractivity contribution >= 4 is 28.9 Å². The molecule has 0 aliphatic rings. The number of amides is 1. The normalized spacial score (nSPS) is 9.95. The summed E-state index contributed by atoms with van der Waals surface area (Å²) in [5, 5.41) is 6.39. The molecule has 6 heteroatoms. The molecule has 2 rings (SSSR count). The molecule has 0 fully saturated rings. The van der Waals surface area contributed by atoms with Crippen molar-refractivity contribution in [2.45, 2.75) is 6.42 Å². The monoisotopic (exact) mass is 305 g/mol. The second-order valence-corrected chi connectivity index (χ2v) is 5.00. The first kappa shape index (κ1) is 15.1. The molecule has 0 spiro atoms. The third-order valence-electron chi connectivity index (χ3n) is 2.67. The molecule has 0 saturated carbocycles. The van der Waals surface area contributed by atoms with Crippen LogP contribution >= 0.6 is 11.3 Å². The van der Waals surface area contributed by atoms with Crippen molar-refractivity contribution in [1.29, 1.82) is 0 Å². The second-order valence-electron chi connectivity index (χ2n) is 4.22. The van der Waals surface area contributed by atoms with Crippen LogP contribution in [-0.4, -0.2) is 25.6 Å². The largest absolute Gasteiger partial charge is 0.495 e. The summed E-state index contributed by atoms with van der Waals surface area (Å²) in [6, 6.07) is 8.87. The maximum atomic E-state index is 11.7. The van der Waals surface area contributed by atoms with E-state index in [0.29, 0.717) is 11.4 Å². The van der Waals surface area contributed by atoms with Crippen molar-refractivity contribution in [1.82, 2.24) is 0 Å².